The van der Waals surface area contributed by atoms with Gasteiger partial charge in [-0.15, -0.1) is 0 Å². The number of carbonyl (C=O) groups is 1. The van der Waals surface area contributed by atoms with Gasteiger partial charge in [-0.1, -0.05) is 53.8 Å². The van der Waals surface area contributed by atoms with E-state index in [1.807, 2.05) is 19.1 Å². The van der Waals surface area contributed by atoms with E-state index in [2.05, 4.69) is 34.7 Å². The average molecular weight is 346 g/mol. The second-order valence-corrected chi connectivity index (χ2v) is 5.27. The lowest BCUT2D eigenvalue weighted by molar-refractivity contribution is -0.138. The molecule has 0 saturated heterocycles. The highest BCUT2D eigenvalue weighted by molar-refractivity contribution is 14.1. The highest BCUT2D eigenvalue weighted by Crippen LogP contribution is 2.20. The quantitative estimate of drug-likeness (QED) is 0.460. The van der Waals surface area contributed by atoms with Gasteiger partial charge in [-0.25, -0.2) is 0 Å². The summed E-state index contributed by atoms with van der Waals surface area (Å²) < 4.78 is 1.20. The summed E-state index contributed by atoms with van der Waals surface area (Å²) in [5, 5.41) is 9.07. The number of halogens is 1. The van der Waals surface area contributed by atoms with Crippen LogP contribution in [-0.4, -0.2) is 15.5 Å². The maximum Gasteiger partial charge on any atom is 0.310 e. The monoisotopic (exact) mass is 346 g/mol. The molecule has 0 spiro atoms. The van der Waals surface area contributed by atoms with Crippen molar-refractivity contribution in [2.24, 2.45) is 0 Å². The Hall–Kier alpha value is -0.580. The first-order valence-corrected chi connectivity index (χ1v) is 7.59. The fourth-order valence-electron chi connectivity index (χ4n) is 1.89. The lowest BCUT2D eigenvalue weighted by Crippen LogP contribution is -2.10. The molecule has 0 aliphatic carbocycles. The van der Waals surface area contributed by atoms with Crippen molar-refractivity contribution in [3.05, 3.63) is 35.4 Å². The third-order valence-corrected chi connectivity index (χ3v) is 3.70. The molecule has 0 fully saturated rings. The van der Waals surface area contributed by atoms with Crippen LogP contribution in [0, 0.1) is 0 Å². The maximum absolute atomic E-state index is 11.0. The van der Waals surface area contributed by atoms with E-state index in [1.54, 1.807) is 0 Å². The number of hydrogen-bond acceptors (Lipinski definition) is 1. The van der Waals surface area contributed by atoms with E-state index in [9.17, 15) is 4.79 Å². The number of alkyl halides is 1. The summed E-state index contributed by atoms with van der Waals surface area (Å²) in [4.78, 5) is 11.0. The number of aliphatic carboxylic acids is 1. The molecule has 0 unspecified atom stereocenters. The number of rotatable bonds is 7. The number of benzene rings is 1. The van der Waals surface area contributed by atoms with Crippen LogP contribution in [0.25, 0.3) is 0 Å². The number of carboxylic acid groups (broad SMARTS) is 1. The minimum atomic E-state index is -0.731. The Bertz CT molecular complexity index is 346. The van der Waals surface area contributed by atoms with E-state index < -0.39 is 5.97 Å². The van der Waals surface area contributed by atoms with Crippen molar-refractivity contribution in [3.8, 4) is 0 Å². The molecule has 94 valence electrons. The SMILES string of the molecule is CC[C@@H](C(=O)O)c1ccc(CCCCI)cc1. The van der Waals surface area contributed by atoms with Crippen LogP contribution >= 0.6 is 22.6 Å². The Balaban J connectivity index is 2.63. The Morgan fingerprint density at radius 3 is 2.41 bits per heavy atom. The molecule has 0 aliphatic rings. The van der Waals surface area contributed by atoms with Crippen LogP contribution in [0.4, 0.5) is 0 Å². The number of hydrogen-bond donors (Lipinski definition) is 1. The van der Waals surface area contributed by atoms with Gasteiger partial charge in [-0.3, -0.25) is 4.79 Å². The van der Waals surface area contributed by atoms with E-state index in [1.165, 1.54) is 22.8 Å². The second-order valence-electron chi connectivity index (χ2n) is 4.19. The minimum absolute atomic E-state index is 0.363. The van der Waals surface area contributed by atoms with E-state index >= 15 is 0 Å². The van der Waals surface area contributed by atoms with Crippen molar-refractivity contribution in [2.75, 3.05) is 4.43 Å². The van der Waals surface area contributed by atoms with Gasteiger partial charge in [0.1, 0.15) is 0 Å². The van der Waals surface area contributed by atoms with E-state index in [4.69, 9.17) is 5.11 Å². The van der Waals surface area contributed by atoms with Gasteiger partial charge in [-0.05, 0) is 41.2 Å². The Morgan fingerprint density at radius 1 is 1.29 bits per heavy atom. The van der Waals surface area contributed by atoms with E-state index in [0.29, 0.717) is 6.42 Å². The van der Waals surface area contributed by atoms with Gasteiger partial charge in [0.15, 0.2) is 0 Å². The predicted molar refractivity (Wildman–Crippen MR) is 78.9 cm³/mol. The standard InChI is InChI=1S/C14H19IO2/c1-2-13(14(16)17)12-8-6-11(7-9-12)5-3-4-10-15/h6-9,13H,2-5,10H2,1H3,(H,16,17)/t13-/m1/s1. The third-order valence-electron chi connectivity index (χ3n) is 2.94. The maximum atomic E-state index is 11.0. The number of unbranched alkanes of at least 4 members (excludes halogenated alkanes) is 1. The van der Waals surface area contributed by atoms with Crippen molar-refractivity contribution >= 4 is 28.6 Å². The van der Waals surface area contributed by atoms with Crippen molar-refractivity contribution in [1.82, 2.24) is 0 Å². The zero-order valence-corrected chi connectivity index (χ0v) is 12.3. The molecule has 0 aromatic heterocycles. The Kier molecular flexibility index (Phi) is 6.55. The van der Waals surface area contributed by atoms with Crippen LogP contribution in [0.15, 0.2) is 24.3 Å². The van der Waals surface area contributed by atoms with Crippen LogP contribution in [0.1, 0.15) is 43.2 Å². The molecular formula is C14H19IO2. The van der Waals surface area contributed by atoms with Crippen molar-refractivity contribution < 1.29 is 9.90 Å². The molecule has 0 heterocycles. The highest BCUT2D eigenvalue weighted by atomic mass is 127. The first kappa shape index (κ1) is 14.5. The van der Waals surface area contributed by atoms with Crippen molar-refractivity contribution in [2.45, 2.75) is 38.5 Å². The number of carboxylic acids is 1. The van der Waals surface area contributed by atoms with E-state index in [-0.39, 0.29) is 5.92 Å². The zero-order chi connectivity index (χ0) is 12.7. The van der Waals surface area contributed by atoms with Gasteiger partial charge in [0.2, 0.25) is 0 Å². The van der Waals surface area contributed by atoms with E-state index in [0.717, 1.165) is 12.0 Å². The largest absolute Gasteiger partial charge is 0.481 e. The topological polar surface area (TPSA) is 37.3 Å². The molecule has 1 rings (SSSR count). The molecule has 1 atom stereocenters. The second kappa shape index (κ2) is 7.69. The Labute approximate surface area is 117 Å². The minimum Gasteiger partial charge on any atom is -0.481 e. The predicted octanol–water partition coefficient (Wildman–Crippen LogP) is 4.02. The molecule has 17 heavy (non-hydrogen) atoms. The van der Waals surface area contributed by atoms with Gasteiger partial charge in [-0.2, -0.15) is 0 Å². The Morgan fingerprint density at radius 2 is 1.94 bits per heavy atom. The third kappa shape index (κ3) is 4.66. The summed E-state index contributed by atoms with van der Waals surface area (Å²) in [6.07, 6.45) is 4.18. The van der Waals surface area contributed by atoms with Crippen LogP contribution in [0.3, 0.4) is 0 Å². The summed E-state index contributed by atoms with van der Waals surface area (Å²) in [5.74, 6) is -1.09. The molecule has 0 amide bonds. The summed E-state index contributed by atoms with van der Waals surface area (Å²) in [6, 6.07) is 8.05. The van der Waals surface area contributed by atoms with Gasteiger partial charge in [0.05, 0.1) is 5.92 Å². The molecule has 0 bridgehead atoms. The normalized spacial score (nSPS) is 12.4. The zero-order valence-electron chi connectivity index (χ0n) is 10.2. The van der Waals surface area contributed by atoms with Gasteiger partial charge in [0.25, 0.3) is 0 Å². The number of aryl methyl sites for hydroxylation is 1. The summed E-state index contributed by atoms with van der Waals surface area (Å²) >= 11 is 2.39. The van der Waals surface area contributed by atoms with Gasteiger partial charge >= 0.3 is 5.97 Å². The smallest absolute Gasteiger partial charge is 0.310 e. The molecule has 1 aromatic carbocycles. The first-order chi connectivity index (χ1) is 8.19. The van der Waals surface area contributed by atoms with Gasteiger partial charge in [0, 0.05) is 0 Å². The molecule has 1 aromatic rings. The fourth-order valence-corrected chi connectivity index (χ4v) is 2.43. The van der Waals surface area contributed by atoms with Crippen LogP contribution in [-0.2, 0) is 11.2 Å². The summed E-state index contributed by atoms with van der Waals surface area (Å²) in [7, 11) is 0. The molecule has 3 heteroatoms. The summed E-state index contributed by atoms with van der Waals surface area (Å²) in [6.45, 7) is 1.91. The molecule has 0 radical (unpaired) electrons. The van der Waals surface area contributed by atoms with Gasteiger partial charge < -0.3 is 5.11 Å². The molecule has 0 saturated carbocycles. The van der Waals surface area contributed by atoms with Crippen LogP contribution in [0.2, 0.25) is 0 Å². The molecular weight excluding hydrogens is 327 g/mol. The lowest BCUT2D eigenvalue weighted by atomic mass is 9.95. The average Bonchev–Trinajstić information content (AvgIpc) is 2.32. The van der Waals surface area contributed by atoms with Crippen molar-refractivity contribution in [3.63, 3.8) is 0 Å². The molecule has 2 nitrogen and oxygen atoms in total. The van der Waals surface area contributed by atoms with Crippen LogP contribution < -0.4 is 0 Å². The molecule has 0 aliphatic heterocycles. The highest BCUT2D eigenvalue weighted by Gasteiger charge is 2.16. The summed E-state index contributed by atoms with van der Waals surface area (Å²) in [5.41, 5.74) is 2.22. The van der Waals surface area contributed by atoms with Crippen LogP contribution in [0.5, 0.6) is 0 Å². The fraction of sp³-hybridized carbons (Fsp3) is 0.500. The molecule has 1 N–H and O–H groups in total. The lowest BCUT2D eigenvalue weighted by Gasteiger charge is -2.10. The first-order valence-electron chi connectivity index (χ1n) is 6.06. The van der Waals surface area contributed by atoms with Crippen molar-refractivity contribution in [1.29, 1.82) is 0 Å².